The van der Waals surface area contributed by atoms with E-state index in [2.05, 4.69) is 0 Å². The molecule has 4 aromatic carbocycles. The zero-order valence-corrected chi connectivity index (χ0v) is 17.6. The van der Waals surface area contributed by atoms with Gasteiger partial charge in [0.1, 0.15) is 18.1 Å². The Morgan fingerprint density at radius 3 is 2.00 bits per heavy atom. The molecule has 0 aromatic heterocycles. The molecule has 0 aliphatic rings. The Hall–Kier alpha value is -3.56. The number of para-hydroxylation sites is 2. The standard InChI is InChI=1S/C28H26O3/c1-30-27-18-9-8-15-23(27)24-16-10-17-25(26(29)19-21-11-4-2-5-12-21)28(24)31-20-22-13-6-3-7-14-22/h2-18,26,29H,19-20H2,1H3. The van der Waals surface area contributed by atoms with Gasteiger partial charge in [-0.3, -0.25) is 0 Å². The van der Waals surface area contributed by atoms with Crippen LogP contribution in [0, 0.1) is 0 Å². The van der Waals surface area contributed by atoms with Gasteiger partial charge in [-0.05, 0) is 17.2 Å². The molecule has 0 aliphatic carbocycles. The average Bonchev–Trinajstić information content (AvgIpc) is 2.83. The Bertz CT molecular complexity index is 1110. The number of benzene rings is 4. The van der Waals surface area contributed by atoms with Crippen molar-refractivity contribution >= 4 is 0 Å². The van der Waals surface area contributed by atoms with Crippen molar-refractivity contribution in [3.63, 3.8) is 0 Å². The second-order valence-electron chi connectivity index (χ2n) is 7.40. The number of rotatable bonds is 8. The summed E-state index contributed by atoms with van der Waals surface area (Å²) in [6, 6.07) is 33.8. The summed E-state index contributed by atoms with van der Waals surface area (Å²) in [6.45, 7) is 0.415. The molecule has 1 N–H and O–H groups in total. The molecular formula is C28H26O3. The van der Waals surface area contributed by atoms with E-state index in [1.54, 1.807) is 7.11 Å². The molecule has 0 spiro atoms. The lowest BCUT2D eigenvalue weighted by Gasteiger charge is -2.21. The molecule has 3 nitrogen and oxygen atoms in total. The van der Waals surface area contributed by atoms with E-state index in [-0.39, 0.29) is 0 Å². The summed E-state index contributed by atoms with van der Waals surface area (Å²) < 4.78 is 11.9. The predicted octanol–water partition coefficient (Wildman–Crippen LogP) is 6.22. The van der Waals surface area contributed by atoms with Crippen LogP contribution in [-0.4, -0.2) is 12.2 Å². The van der Waals surface area contributed by atoms with E-state index in [9.17, 15) is 5.11 Å². The van der Waals surface area contributed by atoms with Crippen molar-refractivity contribution in [1.29, 1.82) is 0 Å². The molecule has 0 fully saturated rings. The summed E-state index contributed by atoms with van der Waals surface area (Å²) in [5.74, 6) is 1.45. The fourth-order valence-electron chi connectivity index (χ4n) is 3.73. The molecule has 1 atom stereocenters. The predicted molar refractivity (Wildman–Crippen MR) is 124 cm³/mol. The molecule has 0 amide bonds. The zero-order valence-electron chi connectivity index (χ0n) is 17.6. The van der Waals surface area contributed by atoms with Gasteiger partial charge in [-0.2, -0.15) is 0 Å². The van der Waals surface area contributed by atoms with Gasteiger partial charge < -0.3 is 14.6 Å². The lowest BCUT2D eigenvalue weighted by molar-refractivity contribution is 0.171. The van der Waals surface area contributed by atoms with Crippen molar-refractivity contribution in [1.82, 2.24) is 0 Å². The lowest BCUT2D eigenvalue weighted by Crippen LogP contribution is -2.07. The van der Waals surface area contributed by atoms with Gasteiger partial charge in [-0.25, -0.2) is 0 Å². The molecule has 3 heteroatoms. The first-order valence-electron chi connectivity index (χ1n) is 10.4. The van der Waals surface area contributed by atoms with Crippen LogP contribution in [0.3, 0.4) is 0 Å². The topological polar surface area (TPSA) is 38.7 Å². The second-order valence-corrected chi connectivity index (χ2v) is 7.40. The minimum absolute atomic E-state index is 0.415. The molecule has 156 valence electrons. The molecule has 0 heterocycles. The van der Waals surface area contributed by atoms with Crippen LogP contribution in [0.2, 0.25) is 0 Å². The zero-order chi connectivity index (χ0) is 21.5. The Morgan fingerprint density at radius 1 is 0.677 bits per heavy atom. The highest BCUT2D eigenvalue weighted by Crippen LogP contribution is 2.41. The molecule has 1 unspecified atom stereocenters. The van der Waals surface area contributed by atoms with E-state index in [4.69, 9.17) is 9.47 Å². The Kier molecular flexibility index (Phi) is 6.65. The molecule has 0 saturated carbocycles. The van der Waals surface area contributed by atoms with E-state index in [0.717, 1.165) is 33.6 Å². The summed E-state index contributed by atoms with van der Waals surface area (Å²) in [7, 11) is 1.66. The van der Waals surface area contributed by atoms with Crippen LogP contribution in [0.4, 0.5) is 0 Å². The van der Waals surface area contributed by atoms with E-state index >= 15 is 0 Å². The molecule has 0 saturated heterocycles. The minimum Gasteiger partial charge on any atom is -0.496 e. The summed E-state index contributed by atoms with van der Waals surface area (Å²) in [6.07, 6.45) is -0.180. The molecule has 31 heavy (non-hydrogen) atoms. The van der Waals surface area contributed by atoms with Crippen LogP contribution in [0.15, 0.2) is 103 Å². The van der Waals surface area contributed by atoms with Gasteiger partial charge in [-0.1, -0.05) is 97.1 Å². The minimum atomic E-state index is -0.692. The fourth-order valence-corrected chi connectivity index (χ4v) is 3.73. The van der Waals surface area contributed by atoms with Crippen LogP contribution < -0.4 is 9.47 Å². The van der Waals surface area contributed by atoms with Crippen LogP contribution in [0.1, 0.15) is 22.8 Å². The van der Waals surface area contributed by atoms with Crippen molar-refractivity contribution in [3.05, 3.63) is 120 Å². The highest BCUT2D eigenvalue weighted by molar-refractivity contribution is 5.77. The number of hydrogen-bond donors (Lipinski definition) is 1. The average molecular weight is 411 g/mol. The molecule has 4 aromatic rings. The smallest absolute Gasteiger partial charge is 0.133 e. The molecule has 0 bridgehead atoms. The highest BCUT2D eigenvalue weighted by Gasteiger charge is 2.20. The van der Waals surface area contributed by atoms with Gasteiger partial charge in [-0.15, -0.1) is 0 Å². The van der Waals surface area contributed by atoms with Gasteiger partial charge >= 0.3 is 0 Å². The largest absolute Gasteiger partial charge is 0.496 e. The second kappa shape index (κ2) is 9.96. The van der Waals surface area contributed by atoms with E-state index < -0.39 is 6.10 Å². The van der Waals surface area contributed by atoms with Gasteiger partial charge in [0.2, 0.25) is 0 Å². The first-order valence-corrected chi connectivity index (χ1v) is 10.4. The molecular weight excluding hydrogens is 384 g/mol. The van der Waals surface area contributed by atoms with E-state index in [1.807, 2.05) is 103 Å². The third-order valence-corrected chi connectivity index (χ3v) is 5.30. The van der Waals surface area contributed by atoms with Crippen molar-refractivity contribution in [2.24, 2.45) is 0 Å². The van der Waals surface area contributed by atoms with Crippen LogP contribution in [0.5, 0.6) is 11.5 Å². The van der Waals surface area contributed by atoms with Crippen LogP contribution in [0.25, 0.3) is 11.1 Å². The highest BCUT2D eigenvalue weighted by atomic mass is 16.5. The van der Waals surface area contributed by atoms with Crippen molar-refractivity contribution in [2.45, 2.75) is 19.1 Å². The third-order valence-electron chi connectivity index (χ3n) is 5.30. The number of aliphatic hydroxyl groups is 1. The quantitative estimate of drug-likeness (QED) is 0.375. The number of aliphatic hydroxyl groups excluding tert-OH is 1. The Labute approximate surface area is 183 Å². The summed E-state index contributed by atoms with van der Waals surface area (Å²) >= 11 is 0. The third kappa shape index (κ3) is 4.96. The summed E-state index contributed by atoms with van der Waals surface area (Å²) in [5, 5.41) is 11.1. The van der Waals surface area contributed by atoms with Crippen molar-refractivity contribution in [2.75, 3.05) is 7.11 Å². The molecule has 4 rings (SSSR count). The summed E-state index contributed by atoms with van der Waals surface area (Å²) in [5.41, 5.74) is 4.75. The lowest BCUT2D eigenvalue weighted by atomic mass is 9.95. The maximum atomic E-state index is 11.1. The first-order chi connectivity index (χ1) is 15.3. The summed E-state index contributed by atoms with van der Waals surface area (Å²) in [4.78, 5) is 0. The fraction of sp³-hybridized carbons (Fsp3) is 0.143. The van der Waals surface area contributed by atoms with Crippen LogP contribution >= 0.6 is 0 Å². The van der Waals surface area contributed by atoms with E-state index in [0.29, 0.717) is 18.8 Å². The maximum Gasteiger partial charge on any atom is 0.133 e. The molecule has 0 aliphatic heterocycles. The Balaban J connectivity index is 1.74. The van der Waals surface area contributed by atoms with Crippen LogP contribution in [-0.2, 0) is 13.0 Å². The SMILES string of the molecule is COc1ccccc1-c1cccc(C(O)Cc2ccccc2)c1OCc1ccccc1. The van der Waals surface area contributed by atoms with Gasteiger partial charge in [0.05, 0.1) is 13.2 Å². The maximum absolute atomic E-state index is 11.1. The number of ether oxygens (including phenoxy) is 2. The number of hydrogen-bond acceptors (Lipinski definition) is 3. The molecule has 0 radical (unpaired) electrons. The first kappa shape index (κ1) is 20.7. The van der Waals surface area contributed by atoms with Gasteiger partial charge in [0.25, 0.3) is 0 Å². The van der Waals surface area contributed by atoms with Crippen molar-refractivity contribution < 1.29 is 14.6 Å². The van der Waals surface area contributed by atoms with Gasteiger partial charge in [0.15, 0.2) is 0 Å². The Morgan fingerprint density at radius 2 is 1.29 bits per heavy atom. The van der Waals surface area contributed by atoms with E-state index in [1.165, 1.54) is 0 Å². The van der Waals surface area contributed by atoms with Crippen molar-refractivity contribution in [3.8, 4) is 22.6 Å². The number of methoxy groups -OCH3 is 1. The normalized spacial score (nSPS) is 11.7. The van der Waals surface area contributed by atoms with Gasteiger partial charge in [0, 0.05) is 23.1 Å². The monoisotopic (exact) mass is 410 g/mol.